The van der Waals surface area contributed by atoms with Crippen molar-refractivity contribution < 1.29 is 19.4 Å². The van der Waals surface area contributed by atoms with E-state index >= 15 is 0 Å². The van der Waals surface area contributed by atoms with Crippen LogP contribution in [-0.2, 0) is 16.0 Å². The Bertz CT molecular complexity index is 938. The topological polar surface area (TPSA) is 91.4 Å². The molecule has 26 heavy (non-hydrogen) atoms. The molecule has 1 atom stereocenters. The maximum absolute atomic E-state index is 12.1. The Hall–Kier alpha value is -2.99. The molecule has 0 aliphatic heterocycles. The van der Waals surface area contributed by atoms with Gasteiger partial charge in [0.1, 0.15) is 11.8 Å². The maximum Gasteiger partial charge on any atom is 0.326 e. The first-order valence-corrected chi connectivity index (χ1v) is 8.37. The van der Waals surface area contributed by atoms with Crippen LogP contribution in [0.15, 0.2) is 54.7 Å². The molecule has 0 aliphatic carbocycles. The number of carbonyl (C=O) groups is 2. The minimum absolute atomic E-state index is 0.164. The predicted molar refractivity (Wildman–Crippen MR) is 98.5 cm³/mol. The number of ether oxygens (including phenoxy) is 1. The molecule has 2 aromatic carbocycles. The van der Waals surface area contributed by atoms with Crippen molar-refractivity contribution in [3.63, 3.8) is 0 Å². The second-order valence-corrected chi connectivity index (χ2v) is 6.15. The van der Waals surface area contributed by atoms with E-state index < -0.39 is 17.9 Å². The number of fused-ring (bicyclic) bond motifs is 1. The number of rotatable bonds is 7. The van der Waals surface area contributed by atoms with Gasteiger partial charge in [-0.05, 0) is 23.8 Å². The molecule has 0 bridgehead atoms. The minimum atomic E-state index is -1.11. The number of aromatic amines is 1. The van der Waals surface area contributed by atoms with Crippen LogP contribution in [0.2, 0.25) is 5.02 Å². The number of aromatic nitrogens is 1. The number of carboxylic acids is 1. The zero-order valence-electron chi connectivity index (χ0n) is 13.7. The number of halogens is 1. The molecule has 134 valence electrons. The summed E-state index contributed by atoms with van der Waals surface area (Å²) >= 11 is 5.96. The van der Waals surface area contributed by atoms with Gasteiger partial charge < -0.3 is 20.1 Å². The van der Waals surface area contributed by atoms with E-state index in [-0.39, 0.29) is 13.0 Å². The number of amides is 1. The Kier molecular flexibility index (Phi) is 5.43. The summed E-state index contributed by atoms with van der Waals surface area (Å²) in [6, 6.07) is 13.3. The maximum atomic E-state index is 12.1. The zero-order chi connectivity index (χ0) is 18.5. The average Bonchev–Trinajstić information content (AvgIpc) is 3.03. The Labute approximate surface area is 154 Å². The second-order valence-electron chi connectivity index (χ2n) is 5.74. The van der Waals surface area contributed by atoms with Gasteiger partial charge >= 0.3 is 5.97 Å². The summed E-state index contributed by atoms with van der Waals surface area (Å²) < 4.78 is 5.34. The number of aliphatic carboxylic acids is 1. The van der Waals surface area contributed by atoms with Gasteiger partial charge in [-0.1, -0.05) is 41.9 Å². The van der Waals surface area contributed by atoms with Crippen molar-refractivity contribution in [2.45, 2.75) is 12.5 Å². The number of H-pyrrole nitrogens is 1. The summed E-state index contributed by atoms with van der Waals surface area (Å²) in [6.45, 7) is -0.318. The van der Waals surface area contributed by atoms with Crippen molar-refractivity contribution in [1.82, 2.24) is 10.3 Å². The van der Waals surface area contributed by atoms with Crippen LogP contribution < -0.4 is 10.1 Å². The summed E-state index contributed by atoms with van der Waals surface area (Å²) in [4.78, 5) is 26.7. The first-order valence-electron chi connectivity index (χ1n) is 7.99. The standard InChI is InChI=1S/C19H17ClN2O4/c20-14-6-2-4-8-17(14)26-11-18(23)22-16(19(24)25)9-12-10-21-15-7-3-1-5-13(12)15/h1-8,10,16,21H,9,11H2,(H,22,23)(H,24,25). The highest BCUT2D eigenvalue weighted by Crippen LogP contribution is 2.23. The highest BCUT2D eigenvalue weighted by Gasteiger charge is 2.22. The fourth-order valence-corrected chi connectivity index (χ4v) is 2.85. The first-order chi connectivity index (χ1) is 12.5. The highest BCUT2D eigenvalue weighted by atomic mass is 35.5. The minimum Gasteiger partial charge on any atom is -0.482 e. The van der Waals surface area contributed by atoms with Gasteiger partial charge in [0.2, 0.25) is 0 Å². The molecule has 0 saturated carbocycles. The monoisotopic (exact) mass is 372 g/mol. The number of nitrogens with one attached hydrogen (secondary N) is 2. The van der Waals surface area contributed by atoms with E-state index in [0.29, 0.717) is 10.8 Å². The molecule has 0 spiro atoms. The van der Waals surface area contributed by atoms with E-state index in [1.807, 2.05) is 24.3 Å². The number of hydrogen-bond acceptors (Lipinski definition) is 3. The molecule has 3 N–H and O–H groups in total. The van der Waals surface area contributed by atoms with Gasteiger partial charge in [0.25, 0.3) is 5.91 Å². The zero-order valence-corrected chi connectivity index (χ0v) is 14.5. The third-order valence-corrected chi connectivity index (χ3v) is 4.24. The lowest BCUT2D eigenvalue weighted by atomic mass is 10.1. The summed E-state index contributed by atoms with van der Waals surface area (Å²) in [5.74, 6) is -1.27. The van der Waals surface area contributed by atoms with Crippen molar-refractivity contribution >= 4 is 34.4 Å². The van der Waals surface area contributed by atoms with Gasteiger partial charge in [0, 0.05) is 23.5 Å². The number of carbonyl (C=O) groups excluding carboxylic acids is 1. The largest absolute Gasteiger partial charge is 0.482 e. The fourth-order valence-electron chi connectivity index (χ4n) is 2.66. The second kappa shape index (κ2) is 7.93. The summed E-state index contributed by atoms with van der Waals surface area (Å²) in [5.41, 5.74) is 1.74. The average molecular weight is 373 g/mol. The van der Waals surface area contributed by atoms with Crippen LogP contribution in [0.1, 0.15) is 5.56 Å². The van der Waals surface area contributed by atoms with Gasteiger partial charge in [-0.15, -0.1) is 0 Å². The number of hydrogen-bond donors (Lipinski definition) is 3. The van der Waals surface area contributed by atoms with Gasteiger partial charge in [-0.3, -0.25) is 4.79 Å². The van der Waals surface area contributed by atoms with E-state index in [4.69, 9.17) is 16.3 Å². The smallest absolute Gasteiger partial charge is 0.326 e. The molecule has 3 rings (SSSR count). The predicted octanol–water partition coefficient (Wildman–Crippen LogP) is 3.01. The number of carboxylic acid groups (broad SMARTS) is 1. The third-order valence-electron chi connectivity index (χ3n) is 3.93. The summed E-state index contributed by atoms with van der Waals surface area (Å²) in [6.07, 6.45) is 1.92. The van der Waals surface area contributed by atoms with Crippen molar-refractivity contribution in [2.24, 2.45) is 0 Å². The lowest BCUT2D eigenvalue weighted by molar-refractivity contribution is -0.142. The molecule has 1 amide bonds. The van der Waals surface area contributed by atoms with Crippen LogP contribution in [0, 0.1) is 0 Å². The van der Waals surface area contributed by atoms with E-state index in [1.165, 1.54) is 0 Å². The molecule has 0 saturated heterocycles. The lowest BCUT2D eigenvalue weighted by Crippen LogP contribution is -2.44. The van der Waals surface area contributed by atoms with Crippen LogP contribution in [0.3, 0.4) is 0 Å². The summed E-state index contributed by atoms with van der Waals surface area (Å²) in [5, 5.41) is 13.2. The van der Waals surface area contributed by atoms with Crippen molar-refractivity contribution in [3.05, 3.63) is 65.3 Å². The number of para-hydroxylation sites is 2. The molecule has 6 nitrogen and oxygen atoms in total. The fraction of sp³-hybridized carbons (Fsp3) is 0.158. The van der Waals surface area contributed by atoms with Gasteiger partial charge in [-0.25, -0.2) is 4.79 Å². The molecule has 0 aliphatic rings. The molecular weight excluding hydrogens is 356 g/mol. The molecule has 3 aromatic rings. The molecule has 1 heterocycles. The van der Waals surface area contributed by atoms with Gasteiger partial charge in [0.05, 0.1) is 5.02 Å². The van der Waals surface area contributed by atoms with Gasteiger partial charge in [-0.2, -0.15) is 0 Å². The highest BCUT2D eigenvalue weighted by molar-refractivity contribution is 6.32. The van der Waals surface area contributed by atoms with E-state index in [1.54, 1.807) is 30.5 Å². The number of benzene rings is 2. The van der Waals surface area contributed by atoms with Crippen LogP contribution in [0.4, 0.5) is 0 Å². The van der Waals surface area contributed by atoms with Crippen molar-refractivity contribution in [3.8, 4) is 5.75 Å². The Morgan fingerprint density at radius 1 is 1.15 bits per heavy atom. The SMILES string of the molecule is O=C(COc1ccccc1Cl)NC(Cc1c[nH]c2ccccc12)C(=O)O. The quantitative estimate of drug-likeness (QED) is 0.594. The van der Waals surface area contributed by atoms with Crippen LogP contribution >= 0.6 is 11.6 Å². The molecule has 1 unspecified atom stereocenters. The molecule has 7 heteroatoms. The van der Waals surface area contributed by atoms with E-state index in [2.05, 4.69) is 10.3 Å². The Balaban J connectivity index is 1.64. The normalized spacial score (nSPS) is 11.9. The first kappa shape index (κ1) is 17.8. The molecule has 0 radical (unpaired) electrons. The third kappa shape index (κ3) is 4.15. The van der Waals surface area contributed by atoms with Crippen LogP contribution in [-0.4, -0.2) is 34.6 Å². The molecule has 0 fully saturated rings. The summed E-state index contributed by atoms with van der Waals surface area (Å²) in [7, 11) is 0. The van der Waals surface area contributed by atoms with E-state index in [9.17, 15) is 14.7 Å². The van der Waals surface area contributed by atoms with Crippen molar-refractivity contribution in [2.75, 3.05) is 6.61 Å². The van der Waals surface area contributed by atoms with Gasteiger partial charge in [0.15, 0.2) is 6.61 Å². The van der Waals surface area contributed by atoms with E-state index in [0.717, 1.165) is 16.5 Å². The molecular formula is C19H17ClN2O4. The lowest BCUT2D eigenvalue weighted by Gasteiger charge is -2.15. The Morgan fingerprint density at radius 2 is 1.88 bits per heavy atom. The Morgan fingerprint density at radius 3 is 2.65 bits per heavy atom. The van der Waals surface area contributed by atoms with Crippen LogP contribution in [0.25, 0.3) is 10.9 Å². The molecule has 1 aromatic heterocycles. The van der Waals surface area contributed by atoms with Crippen molar-refractivity contribution in [1.29, 1.82) is 0 Å². The van der Waals surface area contributed by atoms with Crippen LogP contribution in [0.5, 0.6) is 5.75 Å².